The molecule has 15 heavy (non-hydrogen) atoms. The van der Waals surface area contributed by atoms with Crippen LogP contribution in [0.25, 0.3) is 0 Å². The van der Waals surface area contributed by atoms with Crippen molar-refractivity contribution in [2.45, 2.75) is 77.3 Å². The summed E-state index contributed by atoms with van der Waals surface area (Å²) in [6.45, 7) is 4.76. The van der Waals surface area contributed by atoms with Gasteiger partial charge in [-0.1, -0.05) is 26.7 Å². The summed E-state index contributed by atoms with van der Waals surface area (Å²) in [5, 5.41) is 3.94. The fourth-order valence-corrected chi connectivity index (χ4v) is 3.47. The molecule has 0 aromatic heterocycles. The summed E-state index contributed by atoms with van der Waals surface area (Å²) < 4.78 is 0. The maximum atomic E-state index is 3.94. The van der Waals surface area contributed by atoms with Crippen molar-refractivity contribution in [2.24, 2.45) is 11.8 Å². The van der Waals surface area contributed by atoms with Crippen LogP contribution in [0.2, 0.25) is 0 Å². The maximum Gasteiger partial charge on any atom is 0.00978 e. The van der Waals surface area contributed by atoms with E-state index in [4.69, 9.17) is 0 Å². The zero-order chi connectivity index (χ0) is 10.7. The summed E-state index contributed by atoms with van der Waals surface area (Å²) in [4.78, 5) is 0. The summed E-state index contributed by atoms with van der Waals surface area (Å²) >= 11 is 0. The van der Waals surface area contributed by atoms with Crippen LogP contribution in [0.3, 0.4) is 0 Å². The van der Waals surface area contributed by atoms with Crippen molar-refractivity contribution >= 4 is 0 Å². The minimum atomic E-state index is 0.846. The van der Waals surface area contributed by atoms with E-state index in [1.54, 1.807) is 0 Å². The van der Waals surface area contributed by atoms with Crippen molar-refractivity contribution in [1.82, 2.24) is 5.32 Å². The van der Waals surface area contributed by atoms with Crippen molar-refractivity contribution in [3.05, 3.63) is 0 Å². The second-order valence-corrected chi connectivity index (χ2v) is 5.83. The van der Waals surface area contributed by atoms with Crippen LogP contribution in [-0.4, -0.2) is 12.1 Å². The van der Waals surface area contributed by atoms with Crippen molar-refractivity contribution in [1.29, 1.82) is 0 Å². The number of hydrogen-bond donors (Lipinski definition) is 1. The molecule has 2 unspecified atom stereocenters. The molecule has 2 aliphatic carbocycles. The fourth-order valence-electron chi connectivity index (χ4n) is 3.47. The van der Waals surface area contributed by atoms with Crippen LogP contribution >= 0.6 is 0 Å². The summed E-state index contributed by atoms with van der Waals surface area (Å²) in [5.41, 5.74) is 0. The predicted molar refractivity (Wildman–Crippen MR) is 66.0 cm³/mol. The second-order valence-electron chi connectivity index (χ2n) is 5.83. The lowest BCUT2D eigenvalue weighted by molar-refractivity contribution is 0.263. The van der Waals surface area contributed by atoms with E-state index in [0.29, 0.717) is 0 Å². The standard InChI is InChI=1S/C14H27N/c1-3-12-5-4-6-14(12)15-13-9-7-11(2)8-10-13/h11-15H,3-10H2,1-2H3. The Balaban J connectivity index is 1.76. The molecular formula is C14H27N. The fraction of sp³-hybridized carbons (Fsp3) is 1.00. The van der Waals surface area contributed by atoms with Gasteiger partial charge in [-0.2, -0.15) is 0 Å². The molecule has 2 saturated carbocycles. The Labute approximate surface area is 95.0 Å². The minimum absolute atomic E-state index is 0.846. The first kappa shape index (κ1) is 11.4. The van der Waals surface area contributed by atoms with Crippen molar-refractivity contribution < 1.29 is 0 Å². The molecule has 2 atom stereocenters. The van der Waals surface area contributed by atoms with Gasteiger partial charge >= 0.3 is 0 Å². The highest BCUT2D eigenvalue weighted by atomic mass is 15.0. The Hall–Kier alpha value is -0.0400. The van der Waals surface area contributed by atoms with Crippen molar-refractivity contribution in [3.63, 3.8) is 0 Å². The van der Waals surface area contributed by atoms with E-state index >= 15 is 0 Å². The molecule has 0 heterocycles. The SMILES string of the molecule is CCC1CCCC1NC1CCC(C)CC1. The summed E-state index contributed by atoms with van der Waals surface area (Å²) in [7, 11) is 0. The van der Waals surface area contributed by atoms with E-state index < -0.39 is 0 Å². The van der Waals surface area contributed by atoms with Gasteiger partial charge in [0.1, 0.15) is 0 Å². The van der Waals surface area contributed by atoms with Gasteiger partial charge in [0.15, 0.2) is 0 Å². The van der Waals surface area contributed by atoms with Crippen LogP contribution in [0.4, 0.5) is 0 Å². The van der Waals surface area contributed by atoms with E-state index in [1.165, 1.54) is 51.4 Å². The van der Waals surface area contributed by atoms with Crippen LogP contribution in [0.5, 0.6) is 0 Å². The first-order valence-electron chi connectivity index (χ1n) is 7.05. The first-order valence-corrected chi connectivity index (χ1v) is 7.05. The molecule has 0 bridgehead atoms. The highest BCUT2D eigenvalue weighted by molar-refractivity contribution is 4.86. The molecule has 1 N–H and O–H groups in total. The summed E-state index contributed by atoms with van der Waals surface area (Å²) in [5.74, 6) is 1.96. The Morgan fingerprint density at radius 3 is 2.40 bits per heavy atom. The Morgan fingerprint density at radius 1 is 1.00 bits per heavy atom. The summed E-state index contributed by atoms with van der Waals surface area (Å²) in [6, 6.07) is 1.70. The third-order valence-corrected chi connectivity index (χ3v) is 4.65. The van der Waals surface area contributed by atoms with Gasteiger partial charge in [0.05, 0.1) is 0 Å². The third-order valence-electron chi connectivity index (χ3n) is 4.65. The van der Waals surface area contributed by atoms with Gasteiger partial charge < -0.3 is 5.32 Å². The lowest BCUT2D eigenvalue weighted by Gasteiger charge is -2.31. The summed E-state index contributed by atoms with van der Waals surface area (Å²) in [6.07, 6.45) is 11.5. The molecule has 0 aromatic carbocycles. The monoisotopic (exact) mass is 209 g/mol. The number of nitrogens with one attached hydrogen (secondary N) is 1. The molecule has 88 valence electrons. The normalized spacial score (nSPS) is 42.0. The predicted octanol–water partition coefficient (Wildman–Crippen LogP) is 3.73. The lowest BCUT2D eigenvalue weighted by Crippen LogP contribution is -2.42. The van der Waals surface area contributed by atoms with Crippen molar-refractivity contribution in [2.75, 3.05) is 0 Å². The van der Waals surface area contributed by atoms with Crippen molar-refractivity contribution in [3.8, 4) is 0 Å². The number of rotatable bonds is 3. The Morgan fingerprint density at radius 2 is 1.73 bits per heavy atom. The van der Waals surface area contributed by atoms with Crippen LogP contribution < -0.4 is 5.32 Å². The van der Waals surface area contributed by atoms with Gasteiger partial charge in [-0.25, -0.2) is 0 Å². The Kier molecular flexibility index (Phi) is 4.07. The molecule has 0 aromatic rings. The quantitative estimate of drug-likeness (QED) is 0.747. The van der Waals surface area contributed by atoms with Crippen LogP contribution in [0.1, 0.15) is 65.2 Å². The molecule has 0 radical (unpaired) electrons. The largest absolute Gasteiger partial charge is 0.311 e. The van der Waals surface area contributed by atoms with Gasteiger partial charge in [0, 0.05) is 12.1 Å². The van der Waals surface area contributed by atoms with E-state index in [1.807, 2.05) is 0 Å². The highest BCUT2D eigenvalue weighted by Crippen LogP contribution is 2.31. The van der Waals surface area contributed by atoms with Gasteiger partial charge in [-0.05, 0) is 50.4 Å². The van der Waals surface area contributed by atoms with E-state index in [-0.39, 0.29) is 0 Å². The average Bonchev–Trinajstić information content (AvgIpc) is 2.69. The minimum Gasteiger partial charge on any atom is -0.311 e. The molecule has 0 amide bonds. The van der Waals surface area contributed by atoms with Crippen LogP contribution in [0.15, 0.2) is 0 Å². The van der Waals surface area contributed by atoms with Gasteiger partial charge in [-0.3, -0.25) is 0 Å². The van der Waals surface area contributed by atoms with Crippen LogP contribution in [0, 0.1) is 11.8 Å². The molecule has 2 aliphatic rings. The molecule has 0 saturated heterocycles. The van der Waals surface area contributed by atoms with Crippen LogP contribution in [-0.2, 0) is 0 Å². The molecule has 0 spiro atoms. The average molecular weight is 209 g/mol. The first-order chi connectivity index (χ1) is 7.29. The van der Waals surface area contributed by atoms with Gasteiger partial charge in [-0.15, -0.1) is 0 Å². The molecule has 0 aliphatic heterocycles. The van der Waals surface area contributed by atoms with E-state index in [0.717, 1.165) is 23.9 Å². The van der Waals surface area contributed by atoms with E-state index in [2.05, 4.69) is 19.2 Å². The second kappa shape index (κ2) is 5.34. The smallest absolute Gasteiger partial charge is 0.00978 e. The Bertz CT molecular complexity index is 182. The zero-order valence-corrected chi connectivity index (χ0v) is 10.5. The molecule has 2 fully saturated rings. The number of hydrogen-bond acceptors (Lipinski definition) is 1. The topological polar surface area (TPSA) is 12.0 Å². The van der Waals surface area contributed by atoms with Gasteiger partial charge in [0.2, 0.25) is 0 Å². The molecule has 1 nitrogen and oxygen atoms in total. The lowest BCUT2D eigenvalue weighted by atomic mass is 9.86. The molecular weight excluding hydrogens is 182 g/mol. The molecule has 2 rings (SSSR count). The zero-order valence-electron chi connectivity index (χ0n) is 10.5. The highest BCUT2D eigenvalue weighted by Gasteiger charge is 2.28. The third kappa shape index (κ3) is 2.96. The maximum absolute atomic E-state index is 3.94. The van der Waals surface area contributed by atoms with E-state index in [9.17, 15) is 0 Å². The molecule has 1 heteroatoms. The van der Waals surface area contributed by atoms with Gasteiger partial charge in [0.25, 0.3) is 0 Å².